The third kappa shape index (κ3) is 1.42. The van der Waals surface area contributed by atoms with E-state index >= 15 is 0 Å². The summed E-state index contributed by atoms with van der Waals surface area (Å²) in [4.78, 5) is 11.4. The van der Waals surface area contributed by atoms with Crippen LogP contribution in [-0.4, -0.2) is 12.1 Å². The molecule has 16 heavy (non-hydrogen) atoms. The summed E-state index contributed by atoms with van der Waals surface area (Å²) in [6, 6.07) is 0. The van der Waals surface area contributed by atoms with Crippen molar-refractivity contribution in [1.29, 1.82) is 0 Å². The molecular formula is C14H20O2. The molecule has 6 unspecified atom stereocenters. The number of rotatable bonds is 2. The molecule has 0 aliphatic heterocycles. The second kappa shape index (κ2) is 3.61. The number of hydrogen-bond acceptors (Lipinski definition) is 2. The van der Waals surface area contributed by atoms with Crippen LogP contribution in [0, 0.1) is 29.6 Å². The van der Waals surface area contributed by atoms with Crippen LogP contribution in [0.4, 0.5) is 0 Å². The van der Waals surface area contributed by atoms with Gasteiger partial charge in [-0.25, -0.2) is 4.79 Å². The van der Waals surface area contributed by atoms with Gasteiger partial charge >= 0.3 is 5.97 Å². The summed E-state index contributed by atoms with van der Waals surface area (Å²) >= 11 is 0. The van der Waals surface area contributed by atoms with Crippen molar-refractivity contribution in [3.05, 3.63) is 12.7 Å². The number of esters is 1. The Kier molecular flexibility index (Phi) is 2.34. The van der Waals surface area contributed by atoms with Gasteiger partial charge in [-0.2, -0.15) is 0 Å². The van der Waals surface area contributed by atoms with E-state index < -0.39 is 0 Å². The van der Waals surface area contributed by atoms with Gasteiger partial charge in [0.15, 0.2) is 0 Å². The van der Waals surface area contributed by atoms with Crippen LogP contribution in [-0.2, 0) is 9.53 Å². The molecule has 0 N–H and O–H groups in total. The average molecular weight is 220 g/mol. The third-order valence-corrected chi connectivity index (χ3v) is 5.21. The minimum Gasteiger partial charge on any atom is -0.459 e. The van der Waals surface area contributed by atoms with Crippen molar-refractivity contribution < 1.29 is 9.53 Å². The zero-order valence-corrected chi connectivity index (χ0v) is 9.89. The summed E-state index contributed by atoms with van der Waals surface area (Å²) in [5, 5.41) is 0. The summed E-state index contributed by atoms with van der Waals surface area (Å²) < 4.78 is 5.59. The zero-order chi connectivity index (χ0) is 11.3. The van der Waals surface area contributed by atoms with Gasteiger partial charge in [-0.3, -0.25) is 0 Å². The van der Waals surface area contributed by atoms with E-state index in [0.29, 0.717) is 11.8 Å². The molecule has 0 aromatic carbocycles. The Morgan fingerprint density at radius 1 is 1.25 bits per heavy atom. The first kappa shape index (κ1) is 10.4. The molecule has 88 valence electrons. The molecule has 4 fully saturated rings. The maximum Gasteiger partial charge on any atom is 0.330 e. The van der Waals surface area contributed by atoms with Crippen LogP contribution in [0.5, 0.6) is 0 Å². The Bertz CT molecular complexity index is 323. The van der Waals surface area contributed by atoms with Gasteiger partial charge in [-0.05, 0) is 55.3 Å². The van der Waals surface area contributed by atoms with Crippen molar-refractivity contribution in [2.24, 2.45) is 29.6 Å². The van der Waals surface area contributed by atoms with Crippen LogP contribution < -0.4 is 0 Å². The molecule has 0 heterocycles. The summed E-state index contributed by atoms with van der Waals surface area (Å²) in [5.41, 5.74) is 0. The van der Waals surface area contributed by atoms with E-state index in [1.54, 1.807) is 0 Å². The second-order valence-corrected chi connectivity index (χ2v) is 5.96. The maximum absolute atomic E-state index is 11.4. The van der Waals surface area contributed by atoms with Crippen molar-refractivity contribution in [3.63, 3.8) is 0 Å². The van der Waals surface area contributed by atoms with E-state index in [1.807, 2.05) is 0 Å². The topological polar surface area (TPSA) is 26.3 Å². The standard InChI is InChI=1S/C14H20O2/c1-3-13(15)16-14-11-5-9-4-10(7-11)8(2)12(14)6-9/h3,8-12,14H,1,4-7H2,2H3. The molecular weight excluding hydrogens is 200 g/mol. The molecule has 0 saturated heterocycles. The number of carbonyl (C=O) groups is 1. The largest absolute Gasteiger partial charge is 0.459 e. The Balaban J connectivity index is 1.79. The summed E-state index contributed by atoms with van der Waals surface area (Å²) in [6.45, 7) is 5.84. The Labute approximate surface area is 97.1 Å². The summed E-state index contributed by atoms with van der Waals surface area (Å²) in [6.07, 6.45) is 6.76. The molecule has 0 aromatic rings. The van der Waals surface area contributed by atoms with Crippen molar-refractivity contribution in [3.8, 4) is 0 Å². The fourth-order valence-electron chi connectivity index (χ4n) is 4.52. The Hall–Kier alpha value is -0.790. The average Bonchev–Trinajstić information content (AvgIpc) is 2.29. The second-order valence-electron chi connectivity index (χ2n) is 5.96. The molecule has 0 aromatic heterocycles. The van der Waals surface area contributed by atoms with E-state index in [4.69, 9.17) is 4.74 Å². The van der Waals surface area contributed by atoms with E-state index in [0.717, 1.165) is 17.8 Å². The molecule has 0 radical (unpaired) electrons. The fourth-order valence-corrected chi connectivity index (χ4v) is 4.52. The van der Waals surface area contributed by atoms with Crippen molar-refractivity contribution >= 4 is 5.97 Å². The SMILES string of the molecule is C=CC(=O)OC1C2CC3CC(C2)C(C)C1C3. The van der Waals surface area contributed by atoms with Crippen LogP contribution >= 0.6 is 0 Å². The lowest BCUT2D eigenvalue weighted by Gasteiger charge is -2.56. The molecule has 4 aliphatic rings. The lowest BCUT2D eigenvalue weighted by Crippen LogP contribution is -2.54. The summed E-state index contributed by atoms with van der Waals surface area (Å²) in [5.74, 6) is 3.60. The number of carbonyl (C=O) groups excluding carboxylic acids is 1. The Morgan fingerprint density at radius 3 is 2.75 bits per heavy atom. The normalized spacial score (nSPS) is 49.1. The monoisotopic (exact) mass is 220 g/mol. The quantitative estimate of drug-likeness (QED) is 0.528. The van der Waals surface area contributed by atoms with Gasteiger partial charge in [0.25, 0.3) is 0 Å². The number of hydrogen-bond donors (Lipinski definition) is 0. The van der Waals surface area contributed by atoms with Crippen molar-refractivity contribution in [2.75, 3.05) is 0 Å². The van der Waals surface area contributed by atoms with Gasteiger partial charge in [0.2, 0.25) is 0 Å². The van der Waals surface area contributed by atoms with Gasteiger partial charge in [0, 0.05) is 6.08 Å². The molecule has 2 heteroatoms. The van der Waals surface area contributed by atoms with Crippen LogP contribution in [0.25, 0.3) is 0 Å². The van der Waals surface area contributed by atoms with Crippen LogP contribution in [0.3, 0.4) is 0 Å². The first-order chi connectivity index (χ1) is 7.69. The molecule has 2 nitrogen and oxygen atoms in total. The molecule has 4 aliphatic carbocycles. The predicted octanol–water partition coefficient (Wildman–Crippen LogP) is 2.79. The highest BCUT2D eigenvalue weighted by Crippen LogP contribution is 2.57. The van der Waals surface area contributed by atoms with Crippen LogP contribution in [0.15, 0.2) is 12.7 Å². The third-order valence-electron chi connectivity index (χ3n) is 5.21. The highest BCUT2D eigenvalue weighted by molar-refractivity contribution is 5.81. The van der Waals surface area contributed by atoms with Gasteiger partial charge in [0.1, 0.15) is 6.10 Å². The molecule has 0 spiro atoms. The first-order valence-corrected chi connectivity index (χ1v) is 6.52. The lowest BCUT2D eigenvalue weighted by molar-refractivity contribution is -0.173. The van der Waals surface area contributed by atoms with E-state index in [1.165, 1.54) is 31.8 Å². The Morgan fingerprint density at radius 2 is 2.00 bits per heavy atom. The molecule has 6 atom stereocenters. The van der Waals surface area contributed by atoms with Gasteiger partial charge in [-0.15, -0.1) is 0 Å². The molecule has 4 saturated carbocycles. The van der Waals surface area contributed by atoms with E-state index in [2.05, 4.69) is 13.5 Å². The van der Waals surface area contributed by atoms with Crippen LogP contribution in [0.1, 0.15) is 32.6 Å². The van der Waals surface area contributed by atoms with Crippen molar-refractivity contribution in [2.45, 2.75) is 38.7 Å². The van der Waals surface area contributed by atoms with Gasteiger partial charge in [0.05, 0.1) is 0 Å². The van der Waals surface area contributed by atoms with Crippen molar-refractivity contribution in [1.82, 2.24) is 0 Å². The summed E-state index contributed by atoms with van der Waals surface area (Å²) in [7, 11) is 0. The zero-order valence-electron chi connectivity index (χ0n) is 9.89. The minimum atomic E-state index is -0.232. The smallest absolute Gasteiger partial charge is 0.330 e. The van der Waals surface area contributed by atoms with Gasteiger partial charge in [-0.1, -0.05) is 13.5 Å². The predicted molar refractivity (Wildman–Crippen MR) is 61.7 cm³/mol. The molecule has 0 amide bonds. The maximum atomic E-state index is 11.4. The number of ether oxygens (including phenoxy) is 1. The molecule has 4 bridgehead atoms. The highest BCUT2D eigenvalue weighted by atomic mass is 16.5. The fraction of sp³-hybridized carbons (Fsp3) is 0.786. The van der Waals surface area contributed by atoms with Crippen LogP contribution in [0.2, 0.25) is 0 Å². The minimum absolute atomic E-state index is 0.188. The van der Waals surface area contributed by atoms with E-state index in [-0.39, 0.29) is 12.1 Å². The highest BCUT2D eigenvalue weighted by Gasteiger charge is 2.53. The van der Waals surface area contributed by atoms with Gasteiger partial charge < -0.3 is 4.74 Å². The van der Waals surface area contributed by atoms with E-state index in [9.17, 15) is 4.79 Å². The molecule has 4 rings (SSSR count). The lowest BCUT2D eigenvalue weighted by atomic mass is 9.51. The first-order valence-electron chi connectivity index (χ1n) is 6.52.